The van der Waals surface area contributed by atoms with Crippen LogP contribution in [0.5, 0.6) is 0 Å². The van der Waals surface area contributed by atoms with Gasteiger partial charge >= 0.3 is 6.09 Å². The van der Waals surface area contributed by atoms with Crippen molar-refractivity contribution < 1.29 is 14.3 Å². The topological polar surface area (TPSA) is 42.0 Å². The van der Waals surface area contributed by atoms with Crippen LogP contribution in [0, 0.1) is 5.92 Å². The van der Waals surface area contributed by atoms with E-state index in [2.05, 4.69) is 19.0 Å². The fraction of sp³-hybridized carbons (Fsp3) is 0.923. The molecule has 2 aliphatic heterocycles. The number of rotatable bonds is 1. The summed E-state index contributed by atoms with van der Waals surface area (Å²) >= 11 is 0. The Morgan fingerprint density at radius 1 is 1.33 bits per heavy atom. The highest BCUT2D eigenvalue weighted by Gasteiger charge is 2.46. The average molecular weight is 256 g/mol. The molecule has 0 aliphatic carbocycles. The molecular formula is C13H24N2O3. The lowest BCUT2D eigenvalue weighted by Crippen LogP contribution is -2.40. The third-order valence-electron chi connectivity index (χ3n) is 3.60. The van der Waals surface area contributed by atoms with Gasteiger partial charge in [0, 0.05) is 18.5 Å². The predicted octanol–water partition coefficient (Wildman–Crippen LogP) is 1.18. The van der Waals surface area contributed by atoms with E-state index in [0.717, 1.165) is 13.2 Å². The number of amides is 1. The van der Waals surface area contributed by atoms with E-state index >= 15 is 0 Å². The average Bonchev–Trinajstić information content (AvgIpc) is 2.70. The van der Waals surface area contributed by atoms with Gasteiger partial charge in [0.2, 0.25) is 0 Å². The molecule has 0 bridgehead atoms. The van der Waals surface area contributed by atoms with Gasteiger partial charge in [-0.05, 0) is 34.9 Å². The van der Waals surface area contributed by atoms with Crippen molar-refractivity contribution in [1.82, 2.24) is 9.80 Å². The molecule has 0 aromatic rings. The van der Waals surface area contributed by atoms with Crippen LogP contribution in [0.25, 0.3) is 0 Å². The Morgan fingerprint density at radius 3 is 2.56 bits per heavy atom. The van der Waals surface area contributed by atoms with Gasteiger partial charge in [-0.25, -0.2) is 4.79 Å². The third kappa shape index (κ3) is 2.78. The summed E-state index contributed by atoms with van der Waals surface area (Å²) in [7, 11) is 4.12. The zero-order chi connectivity index (χ0) is 13.5. The van der Waals surface area contributed by atoms with Gasteiger partial charge in [-0.2, -0.15) is 0 Å². The Hall–Kier alpha value is -0.810. The van der Waals surface area contributed by atoms with Gasteiger partial charge < -0.3 is 19.3 Å². The van der Waals surface area contributed by atoms with Crippen molar-refractivity contribution in [2.75, 3.05) is 33.8 Å². The molecule has 0 N–H and O–H groups in total. The summed E-state index contributed by atoms with van der Waals surface area (Å²) in [5, 5.41) is 0. The van der Waals surface area contributed by atoms with Crippen LogP contribution < -0.4 is 0 Å². The molecule has 0 spiro atoms. The molecule has 0 aromatic heterocycles. The molecule has 2 heterocycles. The fourth-order valence-electron chi connectivity index (χ4n) is 2.70. The Labute approximate surface area is 109 Å². The highest BCUT2D eigenvalue weighted by Crippen LogP contribution is 2.32. The Bertz CT molecular complexity index is 325. The molecule has 2 fully saturated rings. The number of carbonyl (C=O) groups excluding carboxylic acids is 1. The lowest BCUT2D eigenvalue weighted by Gasteiger charge is -2.26. The second kappa shape index (κ2) is 4.70. The van der Waals surface area contributed by atoms with Crippen LogP contribution in [0.2, 0.25) is 0 Å². The maximum Gasteiger partial charge on any atom is 0.410 e. The highest BCUT2D eigenvalue weighted by atomic mass is 16.6. The van der Waals surface area contributed by atoms with Crippen LogP contribution in [0.4, 0.5) is 4.79 Å². The normalized spacial score (nSPS) is 31.9. The van der Waals surface area contributed by atoms with E-state index in [1.165, 1.54) is 0 Å². The Morgan fingerprint density at radius 2 is 2.00 bits per heavy atom. The zero-order valence-electron chi connectivity index (χ0n) is 12.0. The van der Waals surface area contributed by atoms with Crippen LogP contribution >= 0.6 is 0 Å². The minimum Gasteiger partial charge on any atom is -0.444 e. The summed E-state index contributed by atoms with van der Waals surface area (Å²) in [6.07, 6.45) is -0.0528. The molecule has 1 amide bonds. The van der Waals surface area contributed by atoms with Gasteiger partial charge in [-0.3, -0.25) is 0 Å². The number of hydrogen-bond donors (Lipinski definition) is 0. The maximum absolute atomic E-state index is 12.0. The van der Waals surface area contributed by atoms with Crippen LogP contribution in [-0.4, -0.2) is 67.4 Å². The van der Waals surface area contributed by atoms with Gasteiger partial charge in [0.05, 0.1) is 19.3 Å². The van der Waals surface area contributed by atoms with Gasteiger partial charge in [-0.1, -0.05) is 0 Å². The number of nitrogens with zero attached hydrogens (tertiary/aromatic N) is 2. The van der Waals surface area contributed by atoms with E-state index in [0.29, 0.717) is 18.5 Å². The number of likely N-dealkylation sites (tertiary alicyclic amines) is 1. The van der Waals surface area contributed by atoms with Gasteiger partial charge in [0.1, 0.15) is 5.60 Å². The largest absolute Gasteiger partial charge is 0.444 e. The molecule has 104 valence electrons. The quantitative estimate of drug-likeness (QED) is 0.706. The Kier molecular flexibility index (Phi) is 3.56. The van der Waals surface area contributed by atoms with Crippen molar-refractivity contribution in [3.63, 3.8) is 0 Å². The molecule has 0 saturated carbocycles. The lowest BCUT2D eigenvalue weighted by atomic mass is 10.00. The smallest absolute Gasteiger partial charge is 0.410 e. The van der Waals surface area contributed by atoms with Crippen LogP contribution in [-0.2, 0) is 9.47 Å². The van der Waals surface area contributed by atoms with Gasteiger partial charge in [0.25, 0.3) is 0 Å². The predicted molar refractivity (Wildman–Crippen MR) is 68.5 cm³/mol. The molecule has 5 heteroatoms. The van der Waals surface area contributed by atoms with E-state index < -0.39 is 5.60 Å². The van der Waals surface area contributed by atoms with E-state index in [1.807, 2.05) is 20.8 Å². The third-order valence-corrected chi connectivity index (χ3v) is 3.60. The molecule has 2 aliphatic rings. The number of carbonyl (C=O) groups is 1. The first-order valence-corrected chi connectivity index (χ1v) is 6.54. The van der Waals surface area contributed by atoms with Gasteiger partial charge in [-0.15, -0.1) is 0 Å². The highest BCUT2D eigenvalue weighted by molar-refractivity contribution is 5.68. The standard InChI is InChI=1S/C13H24N2O3/c1-13(2,3)18-12(16)15-6-9-10(14(4)5)8-17-11(9)7-15/h9-11H,6-8H2,1-5H3/t9?,10?,11-/m1/s1. The summed E-state index contributed by atoms with van der Waals surface area (Å²) in [6, 6.07) is 0.405. The van der Waals surface area contributed by atoms with Crippen molar-refractivity contribution in [3.8, 4) is 0 Å². The lowest BCUT2D eigenvalue weighted by molar-refractivity contribution is 0.0217. The summed E-state index contributed by atoms with van der Waals surface area (Å²) < 4.78 is 11.2. The number of likely N-dealkylation sites (N-methyl/N-ethyl adjacent to an activating group) is 1. The van der Waals surface area contributed by atoms with E-state index in [-0.39, 0.29) is 12.2 Å². The monoisotopic (exact) mass is 256 g/mol. The summed E-state index contributed by atoms with van der Waals surface area (Å²) in [5.41, 5.74) is -0.434. The van der Waals surface area contributed by atoms with Crippen LogP contribution in [0.15, 0.2) is 0 Å². The Balaban J connectivity index is 1.95. The first kappa shape index (κ1) is 13.6. The molecular weight excluding hydrogens is 232 g/mol. The van der Waals surface area contributed by atoms with E-state index in [9.17, 15) is 4.79 Å². The molecule has 0 radical (unpaired) electrons. The van der Waals surface area contributed by atoms with Crippen molar-refractivity contribution in [1.29, 1.82) is 0 Å². The molecule has 2 rings (SSSR count). The van der Waals surface area contributed by atoms with Crippen LogP contribution in [0.1, 0.15) is 20.8 Å². The zero-order valence-corrected chi connectivity index (χ0v) is 12.0. The number of ether oxygens (including phenoxy) is 2. The molecule has 5 nitrogen and oxygen atoms in total. The van der Waals surface area contributed by atoms with E-state index in [1.54, 1.807) is 4.90 Å². The molecule has 2 saturated heterocycles. The molecule has 0 aromatic carbocycles. The second-order valence-corrected chi connectivity index (χ2v) is 6.45. The SMILES string of the molecule is CN(C)C1CO[C@@H]2CN(C(=O)OC(C)(C)C)CC12. The summed E-state index contributed by atoms with van der Waals surface area (Å²) in [4.78, 5) is 16.0. The minimum atomic E-state index is -0.434. The summed E-state index contributed by atoms with van der Waals surface area (Å²) in [5.74, 6) is 0.410. The molecule has 2 unspecified atom stereocenters. The number of fused-ring (bicyclic) bond motifs is 1. The maximum atomic E-state index is 12.0. The molecule has 3 atom stereocenters. The van der Waals surface area contributed by atoms with Crippen molar-refractivity contribution >= 4 is 6.09 Å². The van der Waals surface area contributed by atoms with Crippen molar-refractivity contribution in [2.45, 2.75) is 38.5 Å². The fourth-order valence-corrected chi connectivity index (χ4v) is 2.70. The first-order chi connectivity index (χ1) is 8.28. The second-order valence-electron chi connectivity index (χ2n) is 6.45. The van der Waals surface area contributed by atoms with E-state index in [4.69, 9.17) is 9.47 Å². The van der Waals surface area contributed by atoms with Gasteiger partial charge in [0.15, 0.2) is 0 Å². The number of hydrogen-bond acceptors (Lipinski definition) is 4. The first-order valence-electron chi connectivity index (χ1n) is 6.54. The van der Waals surface area contributed by atoms with Crippen molar-refractivity contribution in [3.05, 3.63) is 0 Å². The summed E-state index contributed by atoms with van der Waals surface area (Å²) in [6.45, 7) is 7.83. The van der Waals surface area contributed by atoms with Crippen LogP contribution in [0.3, 0.4) is 0 Å². The minimum absolute atomic E-state index is 0.171. The molecule has 18 heavy (non-hydrogen) atoms. The van der Waals surface area contributed by atoms with Crippen molar-refractivity contribution in [2.24, 2.45) is 5.92 Å².